The van der Waals surface area contributed by atoms with Crippen LogP contribution < -0.4 is 11.3 Å². The van der Waals surface area contributed by atoms with E-state index in [0.29, 0.717) is 0 Å². The first-order valence-corrected chi connectivity index (χ1v) is 6.36. The fraction of sp³-hybridized carbons (Fsp3) is 0.333. The van der Waals surface area contributed by atoms with Gasteiger partial charge < -0.3 is 0 Å². The lowest BCUT2D eigenvalue weighted by molar-refractivity contribution is 0.548. The van der Waals surface area contributed by atoms with E-state index in [9.17, 15) is 0 Å². The quantitative estimate of drug-likeness (QED) is 0.641. The van der Waals surface area contributed by atoms with Gasteiger partial charge in [-0.05, 0) is 25.5 Å². The zero-order chi connectivity index (χ0) is 12.3. The van der Waals surface area contributed by atoms with Crippen LogP contribution in [0.4, 0.5) is 0 Å². The first kappa shape index (κ1) is 12.2. The Morgan fingerprint density at radius 1 is 1.35 bits per heavy atom. The second-order valence-electron chi connectivity index (χ2n) is 4.04. The van der Waals surface area contributed by atoms with Crippen LogP contribution in [0.5, 0.6) is 0 Å². The summed E-state index contributed by atoms with van der Waals surface area (Å²) < 4.78 is 0. The van der Waals surface area contributed by atoms with E-state index in [2.05, 4.69) is 20.8 Å². The molecule has 0 amide bonds. The highest BCUT2D eigenvalue weighted by atomic mass is 32.1. The van der Waals surface area contributed by atoms with Crippen molar-refractivity contribution in [3.8, 4) is 0 Å². The average molecular weight is 248 g/mol. The summed E-state index contributed by atoms with van der Waals surface area (Å²) in [5.74, 6) is 5.60. The third-order valence-corrected chi connectivity index (χ3v) is 3.57. The van der Waals surface area contributed by atoms with Crippen LogP contribution in [0.2, 0.25) is 0 Å². The number of aryl methyl sites for hydroxylation is 2. The van der Waals surface area contributed by atoms with Crippen molar-refractivity contribution in [1.29, 1.82) is 0 Å². The number of hydrazine groups is 1. The van der Waals surface area contributed by atoms with E-state index in [4.69, 9.17) is 5.84 Å². The molecule has 3 N–H and O–H groups in total. The molecule has 0 aromatic carbocycles. The summed E-state index contributed by atoms with van der Waals surface area (Å²) in [5, 5.41) is 3.14. The summed E-state index contributed by atoms with van der Waals surface area (Å²) in [6, 6.07) is 4.11. The summed E-state index contributed by atoms with van der Waals surface area (Å²) >= 11 is 1.66. The highest BCUT2D eigenvalue weighted by molar-refractivity contribution is 7.09. The lowest BCUT2D eigenvalue weighted by Crippen LogP contribution is -2.29. The number of nitrogens with one attached hydrogen (secondary N) is 1. The molecule has 1 unspecified atom stereocenters. The normalized spacial score (nSPS) is 12.6. The number of aromatic nitrogens is 2. The molecule has 90 valence electrons. The molecule has 0 radical (unpaired) electrons. The van der Waals surface area contributed by atoms with Crippen molar-refractivity contribution in [1.82, 2.24) is 15.4 Å². The van der Waals surface area contributed by atoms with Gasteiger partial charge >= 0.3 is 0 Å². The Kier molecular flexibility index (Phi) is 3.83. The zero-order valence-electron chi connectivity index (χ0n) is 9.97. The van der Waals surface area contributed by atoms with Gasteiger partial charge in [0.25, 0.3) is 0 Å². The van der Waals surface area contributed by atoms with Crippen LogP contribution in [-0.2, 0) is 6.42 Å². The van der Waals surface area contributed by atoms with E-state index in [-0.39, 0.29) is 6.04 Å². The lowest BCUT2D eigenvalue weighted by Gasteiger charge is -2.14. The third kappa shape index (κ3) is 3.09. The third-order valence-electron chi connectivity index (χ3n) is 2.58. The summed E-state index contributed by atoms with van der Waals surface area (Å²) in [6.45, 7) is 3.97. The van der Waals surface area contributed by atoms with Crippen molar-refractivity contribution in [2.24, 2.45) is 5.84 Å². The standard InChI is InChI=1S/C12H16N4S/c1-8-3-4-10(6-14-8)11(16-13)5-12-15-9(2)7-17-12/h3-4,6-7,11,16H,5,13H2,1-2H3. The molecule has 0 saturated carbocycles. The second kappa shape index (κ2) is 5.35. The van der Waals surface area contributed by atoms with E-state index >= 15 is 0 Å². The number of pyridine rings is 1. The molecule has 0 aliphatic heterocycles. The van der Waals surface area contributed by atoms with E-state index in [0.717, 1.165) is 28.4 Å². The maximum Gasteiger partial charge on any atom is 0.0947 e. The number of hydrogen-bond donors (Lipinski definition) is 2. The Labute approximate surface area is 105 Å². The minimum Gasteiger partial charge on any atom is -0.271 e. The number of hydrogen-bond acceptors (Lipinski definition) is 5. The molecular formula is C12H16N4S. The average Bonchev–Trinajstić information content (AvgIpc) is 2.73. The molecule has 2 aromatic rings. The first-order valence-electron chi connectivity index (χ1n) is 5.48. The first-order chi connectivity index (χ1) is 8.19. The molecule has 0 aliphatic rings. The van der Waals surface area contributed by atoms with E-state index in [1.165, 1.54) is 0 Å². The fourth-order valence-corrected chi connectivity index (χ4v) is 2.45. The van der Waals surface area contributed by atoms with Crippen molar-refractivity contribution >= 4 is 11.3 Å². The van der Waals surface area contributed by atoms with Gasteiger partial charge in [0.1, 0.15) is 0 Å². The monoisotopic (exact) mass is 248 g/mol. The van der Waals surface area contributed by atoms with Crippen LogP contribution in [-0.4, -0.2) is 9.97 Å². The van der Waals surface area contributed by atoms with Crippen LogP contribution in [0.3, 0.4) is 0 Å². The Bertz CT molecular complexity index is 478. The van der Waals surface area contributed by atoms with Crippen LogP contribution in [0.15, 0.2) is 23.7 Å². The highest BCUT2D eigenvalue weighted by Crippen LogP contribution is 2.19. The summed E-state index contributed by atoms with van der Waals surface area (Å²) in [4.78, 5) is 8.73. The smallest absolute Gasteiger partial charge is 0.0947 e. The maximum atomic E-state index is 5.60. The molecule has 2 aromatic heterocycles. The van der Waals surface area contributed by atoms with Gasteiger partial charge in [-0.25, -0.2) is 4.98 Å². The van der Waals surface area contributed by atoms with Crippen molar-refractivity contribution in [2.75, 3.05) is 0 Å². The van der Waals surface area contributed by atoms with E-state index < -0.39 is 0 Å². The van der Waals surface area contributed by atoms with Gasteiger partial charge in [-0.3, -0.25) is 16.3 Å². The Morgan fingerprint density at radius 2 is 2.18 bits per heavy atom. The molecule has 5 heteroatoms. The van der Waals surface area contributed by atoms with Gasteiger partial charge in [-0.2, -0.15) is 0 Å². The lowest BCUT2D eigenvalue weighted by atomic mass is 10.1. The molecule has 1 atom stereocenters. The van der Waals surface area contributed by atoms with Gasteiger partial charge in [0.05, 0.1) is 11.0 Å². The van der Waals surface area contributed by atoms with Crippen molar-refractivity contribution in [2.45, 2.75) is 26.3 Å². The summed E-state index contributed by atoms with van der Waals surface area (Å²) in [6.07, 6.45) is 2.65. The maximum absolute atomic E-state index is 5.60. The van der Waals surface area contributed by atoms with Crippen molar-refractivity contribution in [3.05, 3.63) is 45.7 Å². The van der Waals surface area contributed by atoms with Crippen LogP contribution in [0, 0.1) is 13.8 Å². The van der Waals surface area contributed by atoms with Gasteiger partial charge in [0, 0.05) is 29.4 Å². The topological polar surface area (TPSA) is 63.8 Å². The van der Waals surface area contributed by atoms with E-state index in [1.54, 1.807) is 11.3 Å². The van der Waals surface area contributed by atoms with Gasteiger partial charge in [-0.15, -0.1) is 11.3 Å². The molecule has 0 spiro atoms. The van der Waals surface area contributed by atoms with Crippen molar-refractivity contribution < 1.29 is 0 Å². The number of thiazole rings is 1. The van der Waals surface area contributed by atoms with Crippen LogP contribution >= 0.6 is 11.3 Å². The number of rotatable bonds is 4. The predicted molar refractivity (Wildman–Crippen MR) is 69.6 cm³/mol. The number of nitrogens with two attached hydrogens (primary N) is 1. The largest absolute Gasteiger partial charge is 0.271 e. The Balaban J connectivity index is 2.13. The molecule has 2 rings (SSSR count). The minimum atomic E-state index is 0.0636. The molecule has 2 heterocycles. The van der Waals surface area contributed by atoms with E-state index in [1.807, 2.05) is 32.2 Å². The minimum absolute atomic E-state index is 0.0636. The molecule has 0 aliphatic carbocycles. The van der Waals surface area contributed by atoms with Gasteiger partial charge in [0.15, 0.2) is 0 Å². The molecule has 4 nitrogen and oxygen atoms in total. The molecular weight excluding hydrogens is 232 g/mol. The molecule has 0 fully saturated rings. The Morgan fingerprint density at radius 3 is 2.71 bits per heavy atom. The second-order valence-corrected chi connectivity index (χ2v) is 4.98. The Hall–Kier alpha value is -1.30. The van der Waals surface area contributed by atoms with Crippen molar-refractivity contribution in [3.63, 3.8) is 0 Å². The summed E-state index contributed by atoms with van der Waals surface area (Å²) in [5.41, 5.74) is 5.98. The number of nitrogens with zero attached hydrogens (tertiary/aromatic N) is 2. The zero-order valence-corrected chi connectivity index (χ0v) is 10.8. The van der Waals surface area contributed by atoms with Crippen LogP contribution in [0.25, 0.3) is 0 Å². The summed E-state index contributed by atoms with van der Waals surface area (Å²) in [7, 11) is 0. The molecule has 17 heavy (non-hydrogen) atoms. The molecule has 0 saturated heterocycles. The van der Waals surface area contributed by atoms with Gasteiger partial charge in [-0.1, -0.05) is 6.07 Å². The fourth-order valence-electron chi connectivity index (χ4n) is 1.63. The van der Waals surface area contributed by atoms with Crippen LogP contribution in [0.1, 0.15) is 28.0 Å². The predicted octanol–water partition coefficient (Wildman–Crippen LogP) is 1.90. The highest BCUT2D eigenvalue weighted by Gasteiger charge is 2.12. The SMILES string of the molecule is Cc1ccc(C(Cc2nc(C)cs2)NN)cn1. The molecule has 0 bridgehead atoms. The van der Waals surface area contributed by atoms with Gasteiger partial charge in [0.2, 0.25) is 0 Å².